The van der Waals surface area contributed by atoms with Crippen molar-refractivity contribution in [2.45, 2.75) is 23.8 Å². The van der Waals surface area contributed by atoms with Gasteiger partial charge in [0.05, 0.1) is 5.60 Å². The van der Waals surface area contributed by atoms with Crippen LogP contribution in [0, 0.1) is 0 Å². The number of β-amino-alcohol motifs (C(OH)–C–C–N with tert-alkyl or cyclic N) is 1. The Labute approximate surface area is 119 Å². The molecule has 2 rings (SSSR count). The SMILES string of the molecule is CC1(O)CCN(S(=O)(=O)c2cc(Br)cnc2Cl)C1. The van der Waals surface area contributed by atoms with Gasteiger partial charge in [-0.05, 0) is 35.3 Å². The van der Waals surface area contributed by atoms with Crippen LogP contribution in [0.3, 0.4) is 0 Å². The van der Waals surface area contributed by atoms with Gasteiger partial charge in [-0.3, -0.25) is 0 Å². The topological polar surface area (TPSA) is 70.5 Å². The van der Waals surface area contributed by atoms with E-state index in [0.29, 0.717) is 10.9 Å². The van der Waals surface area contributed by atoms with E-state index in [9.17, 15) is 13.5 Å². The predicted octanol–water partition coefficient (Wildman–Crippen LogP) is 1.64. The summed E-state index contributed by atoms with van der Waals surface area (Å²) in [5, 5.41) is 9.77. The zero-order valence-electron chi connectivity index (χ0n) is 9.60. The molecule has 1 saturated heterocycles. The van der Waals surface area contributed by atoms with Crippen LogP contribution in [0.1, 0.15) is 13.3 Å². The summed E-state index contributed by atoms with van der Waals surface area (Å²) in [6.45, 7) is 1.96. The molecule has 1 unspecified atom stereocenters. The maximum absolute atomic E-state index is 12.4. The number of pyridine rings is 1. The zero-order valence-corrected chi connectivity index (χ0v) is 12.8. The molecular weight excluding hydrogens is 344 g/mol. The van der Waals surface area contributed by atoms with Crippen molar-refractivity contribution in [3.05, 3.63) is 21.9 Å². The Kier molecular flexibility index (Phi) is 3.72. The first-order valence-corrected chi connectivity index (χ1v) is 7.87. The average Bonchev–Trinajstić information content (AvgIpc) is 2.63. The number of sulfonamides is 1. The second kappa shape index (κ2) is 4.72. The van der Waals surface area contributed by atoms with E-state index in [4.69, 9.17) is 11.6 Å². The third-order valence-electron chi connectivity index (χ3n) is 2.81. The fourth-order valence-electron chi connectivity index (χ4n) is 1.83. The molecule has 100 valence electrons. The largest absolute Gasteiger partial charge is 0.389 e. The Morgan fingerprint density at radius 3 is 2.83 bits per heavy atom. The quantitative estimate of drug-likeness (QED) is 0.819. The molecule has 0 aromatic carbocycles. The van der Waals surface area contributed by atoms with Gasteiger partial charge in [0.2, 0.25) is 10.0 Å². The molecule has 18 heavy (non-hydrogen) atoms. The van der Waals surface area contributed by atoms with Crippen molar-refractivity contribution in [2.24, 2.45) is 0 Å². The smallest absolute Gasteiger partial charge is 0.246 e. The first kappa shape index (κ1) is 14.2. The summed E-state index contributed by atoms with van der Waals surface area (Å²) in [5.74, 6) is 0. The number of aliphatic hydroxyl groups is 1. The minimum Gasteiger partial charge on any atom is -0.389 e. The highest BCUT2D eigenvalue weighted by Crippen LogP contribution is 2.30. The van der Waals surface area contributed by atoms with Crippen molar-refractivity contribution in [3.8, 4) is 0 Å². The lowest BCUT2D eigenvalue weighted by Crippen LogP contribution is -2.34. The third-order valence-corrected chi connectivity index (χ3v) is 5.51. The van der Waals surface area contributed by atoms with Crippen molar-refractivity contribution in [3.63, 3.8) is 0 Å². The normalized spacial score (nSPS) is 25.6. The van der Waals surface area contributed by atoms with Crippen molar-refractivity contribution < 1.29 is 13.5 Å². The van der Waals surface area contributed by atoms with E-state index in [1.165, 1.54) is 16.6 Å². The van der Waals surface area contributed by atoms with Crippen LogP contribution in [0.25, 0.3) is 0 Å². The van der Waals surface area contributed by atoms with E-state index in [1.54, 1.807) is 6.92 Å². The molecule has 0 spiro atoms. The predicted molar refractivity (Wildman–Crippen MR) is 70.9 cm³/mol. The fourth-order valence-corrected chi connectivity index (χ4v) is 4.31. The molecule has 2 heterocycles. The molecule has 1 fully saturated rings. The lowest BCUT2D eigenvalue weighted by atomic mass is 10.1. The summed E-state index contributed by atoms with van der Waals surface area (Å²) in [5.41, 5.74) is -0.987. The summed E-state index contributed by atoms with van der Waals surface area (Å²) in [4.78, 5) is 3.76. The second-order valence-electron chi connectivity index (χ2n) is 4.53. The minimum atomic E-state index is -3.71. The Balaban J connectivity index is 2.40. The van der Waals surface area contributed by atoms with Crippen LogP contribution >= 0.6 is 27.5 Å². The first-order chi connectivity index (χ1) is 8.22. The summed E-state index contributed by atoms with van der Waals surface area (Å²) in [7, 11) is -3.71. The van der Waals surface area contributed by atoms with Gasteiger partial charge < -0.3 is 5.11 Å². The van der Waals surface area contributed by atoms with Crippen LogP contribution < -0.4 is 0 Å². The van der Waals surface area contributed by atoms with Crippen LogP contribution in [0.15, 0.2) is 21.6 Å². The van der Waals surface area contributed by atoms with E-state index < -0.39 is 15.6 Å². The van der Waals surface area contributed by atoms with E-state index >= 15 is 0 Å². The summed E-state index contributed by atoms with van der Waals surface area (Å²) < 4.78 is 26.5. The maximum Gasteiger partial charge on any atom is 0.246 e. The number of hydrogen-bond donors (Lipinski definition) is 1. The highest BCUT2D eigenvalue weighted by atomic mass is 79.9. The van der Waals surface area contributed by atoms with Gasteiger partial charge in [-0.15, -0.1) is 0 Å². The molecule has 1 aliphatic heterocycles. The monoisotopic (exact) mass is 354 g/mol. The molecule has 1 aromatic rings. The lowest BCUT2D eigenvalue weighted by molar-refractivity contribution is 0.0762. The Morgan fingerprint density at radius 2 is 2.28 bits per heavy atom. The second-order valence-corrected chi connectivity index (χ2v) is 7.71. The average molecular weight is 356 g/mol. The number of hydrogen-bond acceptors (Lipinski definition) is 4. The summed E-state index contributed by atoms with van der Waals surface area (Å²) in [6, 6.07) is 1.41. The number of aromatic nitrogens is 1. The van der Waals surface area contributed by atoms with Crippen LogP contribution in [0.5, 0.6) is 0 Å². The highest BCUT2D eigenvalue weighted by molar-refractivity contribution is 9.10. The molecule has 0 bridgehead atoms. The molecule has 1 atom stereocenters. The number of rotatable bonds is 2. The van der Waals surface area contributed by atoms with E-state index in [2.05, 4.69) is 20.9 Å². The standard InChI is InChI=1S/C10H12BrClN2O3S/c1-10(15)2-3-14(6-10)18(16,17)8-4-7(11)5-13-9(8)12/h4-5,15H,2-3,6H2,1H3. The zero-order chi connectivity index (χ0) is 13.6. The summed E-state index contributed by atoms with van der Waals surface area (Å²) in [6.07, 6.45) is 1.84. The van der Waals surface area contributed by atoms with Crippen molar-refractivity contribution in [1.82, 2.24) is 9.29 Å². The molecule has 0 aliphatic carbocycles. The van der Waals surface area contributed by atoms with E-state index in [-0.39, 0.29) is 23.1 Å². The molecule has 0 radical (unpaired) electrons. The molecule has 0 amide bonds. The van der Waals surface area contributed by atoms with Gasteiger partial charge >= 0.3 is 0 Å². The Morgan fingerprint density at radius 1 is 1.61 bits per heavy atom. The van der Waals surface area contributed by atoms with Crippen molar-refractivity contribution in [2.75, 3.05) is 13.1 Å². The molecule has 1 aromatic heterocycles. The fraction of sp³-hybridized carbons (Fsp3) is 0.500. The molecule has 1 N–H and O–H groups in total. The van der Waals surface area contributed by atoms with Crippen LogP contribution in [0.4, 0.5) is 0 Å². The van der Waals surface area contributed by atoms with Crippen molar-refractivity contribution >= 4 is 37.6 Å². The third kappa shape index (κ3) is 2.70. The van der Waals surface area contributed by atoms with Gasteiger partial charge in [-0.2, -0.15) is 4.31 Å². The first-order valence-electron chi connectivity index (χ1n) is 5.26. The Bertz CT molecular complexity index is 576. The number of nitrogens with zero attached hydrogens (tertiary/aromatic N) is 2. The van der Waals surface area contributed by atoms with Gasteiger partial charge in [0.25, 0.3) is 0 Å². The van der Waals surface area contributed by atoms with E-state index in [0.717, 1.165) is 0 Å². The number of halogens is 2. The Hall–Kier alpha value is -0.210. The molecule has 5 nitrogen and oxygen atoms in total. The minimum absolute atomic E-state index is 0.0451. The maximum atomic E-state index is 12.4. The van der Waals surface area contributed by atoms with Gasteiger partial charge in [-0.1, -0.05) is 11.6 Å². The van der Waals surface area contributed by atoms with Gasteiger partial charge in [0.15, 0.2) is 0 Å². The van der Waals surface area contributed by atoms with Gasteiger partial charge in [0.1, 0.15) is 10.0 Å². The molecule has 8 heteroatoms. The lowest BCUT2D eigenvalue weighted by Gasteiger charge is -2.19. The molecule has 0 saturated carbocycles. The highest BCUT2D eigenvalue weighted by Gasteiger charge is 2.39. The molecule has 1 aliphatic rings. The van der Waals surface area contributed by atoms with Gasteiger partial charge in [0, 0.05) is 23.8 Å². The molecular formula is C10H12BrClN2O3S. The van der Waals surface area contributed by atoms with Crippen LogP contribution in [0.2, 0.25) is 5.15 Å². The summed E-state index contributed by atoms with van der Waals surface area (Å²) >= 11 is 9.00. The van der Waals surface area contributed by atoms with Gasteiger partial charge in [-0.25, -0.2) is 13.4 Å². The van der Waals surface area contributed by atoms with Crippen LogP contribution in [-0.2, 0) is 10.0 Å². The van der Waals surface area contributed by atoms with Crippen LogP contribution in [-0.4, -0.2) is 41.5 Å². The van der Waals surface area contributed by atoms with Crippen molar-refractivity contribution in [1.29, 1.82) is 0 Å². The van der Waals surface area contributed by atoms with E-state index in [1.807, 2.05) is 0 Å².